The molecule has 1 saturated heterocycles. The number of benzene rings is 2. The number of carboxylic acids is 2. The molecule has 1 unspecified atom stereocenters. The van der Waals surface area contributed by atoms with E-state index in [1.165, 1.54) is 10.5 Å². The highest BCUT2D eigenvalue weighted by Crippen LogP contribution is 2.44. The molecule has 0 amide bonds. The van der Waals surface area contributed by atoms with Crippen molar-refractivity contribution in [1.29, 1.82) is 0 Å². The molecule has 9 heteroatoms. The van der Waals surface area contributed by atoms with Crippen LogP contribution in [0.5, 0.6) is 0 Å². The number of piperazine rings is 1. The maximum Gasteiger partial charge on any atom is 0.328 e. The summed E-state index contributed by atoms with van der Waals surface area (Å²) in [7, 11) is 2.16. The quantitative estimate of drug-likeness (QED) is 0.640. The fourth-order valence-electron chi connectivity index (χ4n) is 3.70. The highest BCUT2D eigenvalue weighted by atomic mass is 35.5. The van der Waals surface area contributed by atoms with Crippen molar-refractivity contribution in [3.8, 4) is 0 Å². The minimum absolute atomic E-state index is 0.222. The number of rotatable bonds is 3. The highest BCUT2D eigenvalue weighted by molar-refractivity contribution is 7.99. The Labute approximate surface area is 195 Å². The van der Waals surface area contributed by atoms with Crippen molar-refractivity contribution in [2.24, 2.45) is 0 Å². The van der Waals surface area contributed by atoms with E-state index < -0.39 is 11.9 Å². The zero-order chi connectivity index (χ0) is 23.3. The van der Waals surface area contributed by atoms with Gasteiger partial charge < -0.3 is 15.1 Å². The van der Waals surface area contributed by atoms with Gasteiger partial charge >= 0.3 is 11.9 Å². The lowest BCUT2D eigenvalue weighted by molar-refractivity contribution is -0.134. The van der Waals surface area contributed by atoms with Gasteiger partial charge in [0.25, 0.3) is 0 Å². The van der Waals surface area contributed by atoms with Crippen LogP contribution in [0.2, 0.25) is 5.02 Å². The number of hydrogen-bond donors (Lipinski definition) is 2. The van der Waals surface area contributed by atoms with Crippen molar-refractivity contribution in [2.75, 3.05) is 33.2 Å². The maximum atomic E-state index is 14.1. The first-order chi connectivity index (χ1) is 15.2. The largest absolute Gasteiger partial charge is 0.478 e. The van der Waals surface area contributed by atoms with Crippen LogP contribution in [-0.2, 0) is 16.0 Å². The van der Waals surface area contributed by atoms with Crippen LogP contribution in [0, 0.1) is 5.82 Å². The number of carboxylic acid groups (broad SMARTS) is 2. The lowest BCUT2D eigenvalue weighted by Crippen LogP contribution is -2.46. The SMILES string of the molecule is CN1CCN(C2Cc3ccccc3Sc3cc(F)c(Cl)cc32)CC1.O=C(O)/C=C/C(=O)O. The van der Waals surface area contributed by atoms with E-state index in [2.05, 4.69) is 35.0 Å². The Morgan fingerprint density at radius 3 is 2.31 bits per heavy atom. The van der Waals surface area contributed by atoms with Crippen molar-refractivity contribution in [2.45, 2.75) is 22.3 Å². The Balaban J connectivity index is 0.000000312. The summed E-state index contributed by atoms with van der Waals surface area (Å²) in [5.41, 5.74) is 2.49. The van der Waals surface area contributed by atoms with Crippen LogP contribution in [0.15, 0.2) is 58.3 Å². The summed E-state index contributed by atoms with van der Waals surface area (Å²) < 4.78 is 14.1. The predicted octanol–water partition coefficient (Wildman–Crippen LogP) is 4.19. The van der Waals surface area contributed by atoms with Gasteiger partial charge in [-0.25, -0.2) is 14.0 Å². The summed E-state index contributed by atoms with van der Waals surface area (Å²) in [5, 5.41) is 15.8. The Bertz CT molecular complexity index is 1010. The van der Waals surface area contributed by atoms with E-state index in [1.807, 2.05) is 12.1 Å². The molecule has 0 aromatic heterocycles. The third-order valence-electron chi connectivity index (χ3n) is 5.36. The molecule has 0 aliphatic carbocycles. The minimum Gasteiger partial charge on any atom is -0.478 e. The standard InChI is InChI=1S/C19H20ClFN2S.C4H4O4/c1-22-6-8-23(9-7-22)17-10-13-4-2-3-5-18(13)24-19-12-16(21)15(20)11-14(17)19;5-3(6)1-2-4(7)8/h2-5,11-12,17H,6-10H2,1H3;1-2H,(H,5,6)(H,7,8)/b;2-1+. The molecule has 2 aliphatic heterocycles. The van der Waals surface area contributed by atoms with Crippen molar-refractivity contribution in [1.82, 2.24) is 9.80 Å². The fraction of sp³-hybridized carbons (Fsp3) is 0.304. The van der Waals surface area contributed by atoms with E-state index in [9.17, 15) is 14.0 Å². The van der Waals surface area contributed by atoms with Gasteiger partial charge in [-0.15, -0.1) is 0 Å². The molecule has 2 heterocycles. The lowest BCUT2D eigenvalue weighted by Gasteiger charge is -2.38. The number of aliphatic carboxylic acids is 2. The third-order valence-corrected chi connectivity index (χ3v) is 6.85. The van der Waals surface area contributed by atoms with Crippen molar-refractivity contribution in [3.63, 3.8) is 0 Å². The van der Waals surface area contributed by atoms with Crippen LogP contribution in [0.3, 0.4) is 0 Å². The number of carbonyl (C=O) groups is 2. The average molecular weight is 479 g/mol. The molecule has 1 atom stereocenters. The van der Waals surface area contributed by atoms with Crippen LogP contribution in [-0.4, -0.2) is 65.2 Å². The molecule has 4 rings (SSSR count). The monoisotopic (exact) mass is 478 g/mol. The summed E-state index contributed by atoms with van der Waals surface area (Å²) in [4.78, 5) is 26.2. The molecule has 2 aromatic rings. The van der Waals surface area contributed by atoms with Crippen LogP contribution >= 0.6 is 23.4 Å². The number of halogens is 2. The number of likely N-dealkylation sites (N-methyl/N-ethyl adjacent to an activating group) is 1. The van der Waals surface area contributed by atoms with Crippen molar-refractivity contribution < 1.29 is 24.2 Å². The van der Waals surface area contributed by atoms with E-state index >= 15 is 0 Å². The number of nitrogens with zero attached hydrogens (tertiary/aromatic N) is 2. The van der Waals surface area contributed by atoms with Gasteiger partial charge in [-0.2, -0.15) is 0 Å². The second-order valence-corrected chi connectivity index (χ2v) is 9.07. The maximum absolute atomic E-state index is 14.1. The molecule has 0 spiro atoms. The van der Waals surface area contributed by atoms with Crippen molar-refractivity contribution >= 4 is 35.3 Å². The topological polar surface area (TPSA) is 81.1 Å². The van der Waals surface area contributed by atoms with E-state index in [0.29, 0.717) is 12.2 Å². The van der Waals surface area contributed by atoms with Gasteiger partial charge in [0.15, 0.2) is 0 Å². The number of hydrogen-bond acceptors (Lipinski definition) is 5. The molecule has 170 valence electrons. The van der Waals surface area contributed by atoms with Gasteiger partial charge in [-0.1, -0.05) is 41.6 Å². The first-order valence-corrected chi connectivity index (χ1v) is 11.2. The summed E-state index contributed by atoms with van der Waals surface area (Å²) in [5.74, 6) is -2.85. The van der Waals surface area contributed by atoms with Gasteiger partial charge in [0.05, 0.1) is 5.02 Å². The van der Waals surface area contributed by atoms with E-state index in [0.717, 1.165) is 43.1 Å². The Morgan fingerprint density at radius 2 is 1.69 bits per heavy atom. The molecular weight excluding hydrogens is 455 g/mol. The summed E-state index contributed by atoms with van der Waals surface area (Å²) in [6.45, 7) is 4.19. The minimum atomic E-state index is -1.26. The van der Waals surface area contributed by atoms with Crippen LogP contribution in [0.4, 0.5) is 4.39 Å². The van der Waals surface area contributed by atoms with Crippen LogP contribution < -0.4 is 0 Å². The van der Waals surface area contributed by atoms with E-state index in [4.69, 9.17) is 21.8 Å². The van der Waals surface area contributed by atoms with Crippen LogP contribution in [0.25, 0.3) is 0 Å². The summed E-state index contributed by atoms with van der Waals surface area (Å²) in [6, 6.07) is 12.2. The normalized spacial score (nSPS) is 18.8. The second-order valence-electron chi connectivity index (χ2n) is 7.58. The summed E-state index contributed by atoms with van der Waals surface area (Å²) >= 11 is 7.79. The second kappa shape index (κ2) is 11.0. The molecule has 2 N–H and O–H groups in total. The van der Waals surface area contributed by atoms with Crippen LogP contribution in [0.1, 0.15) is 17.2 Å². The Kier molecular flexibility index (Phi) is 8.31. The molecule has 0 radical (unpaired) electrons. The van der Waals surface area contributed by atoms with Gasteiger partial charge in [0.2, 0.25) is 0 Å². The lowest BCUT2D eigenvalue weighted by atomic mass is 9.96. The van der Waals surface area contributed by atoms with Gasteiger partial charge in [0, 0.05) is 54.2 Å². The Hall–Kier alpha value is -2.39. The first-order valence-electron chi connectivity index (χ1n) is 10.1. The number of fused-ring (bicyclic) bond motifs is 2. The van der Waals surface area contributed by atoms with Gasteiger partial charge in [0.1, 0.15) is 5.82 Å². The molecule has 0 bridgehead atoms. The molecular formula is C23H24ClFN2O4S. The first kappa shape index (κ1) is 24.3. The van der Waals surface area contributed by atoms with E-state index in [-0.39, 0.29) is 16.9 Å². The van der Waals surface area contributed by atoms with Crippen molar-refractivity contribution in [3.05, 3.63) is 70.5 Å². The average Bonchev–Trinajstić information content (AvgIpc) is 2.90. The molecule has 1 fully saturated rings. The van der Waals surface area contributed by atoms with E-state index in [1.54, 1.807) is 17.8 Å². The zero-order valence-electron chi connectivity index (χ0n) is 17.5. The predicted molar refractivity (Wildman–Crippen MR) is 122 cm³/mol. The Morgan fingerprint density at radius 1 is 1.06 bits per heavy atom. The highest BCUT2D eigenvalue weighted by Gasteiger charge is 2.30. The molecule has 2 aromatic carbocycles. The third kappa shape index (κ3) is 6.32. The zero-order valence-corrected chi connectivity index (χ0v) is 19.1. The molecule has 32 heavy (non-hydrogen) atoms. The fourth-order valence-corrected chi connectivity index (χ4v) is 5.02. The summed E-state index contributed by atoms with van der Waals surface area (Å²) in [6.07, 6.45) is 2.06. The smallest absolute Gasteiger partial charge is 0.328 e. The molecule has 0 saturated carbocycles. The van der Waals surface area contributed by atoms with Gasteiger partial charge in [-0.05, 0) is 42.8 Å². The van der Waals surface area contributed by atoms with Gasteiger partial charge in [-0.3, -0.25) is 4.90 Å². The molecule has 6 nitrogen and oxygen atoms in total. The molecule has 2 aliphatic rings.